The van der Waals surface area contributed by atoms with Crippen molar-refractivity contribution in [3.63, 3.8) is 0 Å². The highest BCUT2D eigenvalue weighted by Crippen LogP contribution is 2.27. The topological polar surface area (TPSA) is 89.3 Å². The third kappa shape index (κ3) is 5.43. The second-order valence-electron chi connectivity index (χ2n) is 6.48. The molecule has 0 aliphatic carbocycles. The minimum atomic E-state index is -0.170. The first-order valence-corrected chi connectivity index (χ1v) is 10.5. The molecular formula is C23H20N4O3S. The van der Waals surface area contributed by atoms with Crippen LogP contribution in [0.1, 0.15) is 0 Å². The number of ether oxygens (including phenoxy) is 1. The van der Waals surface area contributed by atoms with Crippen molar-refractivity contribution >= 4 is 34.7 Å². The summed E-state index contributed by atoms with van der Waals surface area (Å²) >= 11 is 1.18. The number of carbonyl (C=O) groups excluding carboxylic acids is 1. The second kappa shape index (κ2) is 9.82. The van der Waals surface area contributed by atoms with Gasteiger partial charge in [-0.3, -0.25) is 4.79 Å². The zero-order chi connectivity index (χ0) is 21.5. The second-order valence-corrected chi connectivity index (χ2v) is 7.40. The van der Waals surface area contributed by atoms with E-state index in [2.05, 4.69) is 20.8 Å². The van der Waals surface area contributed by atoms with E-state index in [1.165, 1.54) is 11.8 Å². The number of amides is 1. The van der Waals surface area contributed by atoms with Crippen molar-refractivity contribution in [2.45, 2.75) is 5.22 Å². The van der Waals surface area contributed by atoms with E-state index in [0.29, 0.717) is 16.8 Å². The zero-order valence-electron chi connectivity index (χ0n) is 16.7. The van der Waals surface area contributed by atoms with E-state index in [9.17, 15) is 4.79 Å². The van der Waals surface area contributed by atoms with Gasteiger partial charge in [-0.15, -0.1) is 10.2 Å². The van der Waals surface area contributed by atoms with Gasteiger partial charge < -0.3 is 19.8 Å². The maximum absolute atomic E-state index is 12.5. The van der Waals surface area contributed by atoms with Crippen LogP contribution >= 0.6 is 11.8 Å². The number of benzene rings is 3. The van der Waals surface area contributed by atoms with Crippen molar-refractivity contribution in [3.8, 4) is 17.2 Å². The molecule has 8 heteroatoms. The van der Waals surface area contributed by atoms with E-state index in [1.807, 2.05) is 78.9 Å². The molecule has 0 aliphatic heterocycles. The number of hydrogen-bond donors (Lipinski definition) is 2. The van der Waals surface area contributed by atoms with Crippen LogP contribution in [-0.4, -0.2) is 29.0 Å². The van der Waals surface area contributed by atoms with Crippen molar-refractivity contribution in [1.29, 1.82) is 0 Å². The first-order chi connectivity index (χ1) is 15.2. The highest BCUT2D eigenvalue weighted by Gasteiger charge is 2.13. The lowest BCUT2D eigenvalue weighted by molar-refractivity contribution is -0.113. The fourth-order valence-electron chi connectivity index (χ4n) is 2.81. The van der Waals surface area contributed by atoms with E-state index in [-0.39, 0.29) is 11.7 Å². The molecule has 0 aliphatic rings. The quantitative estimate of drug-likeness (QED) is 0.369. The van der Waals surface area contributed by atoms with Gasteiger partial charge in [0.25, 0.3) is 5.22 Å². The Morgan fingerprint density at radius 1 is 0.935 bits per heavy atom. The number of nitrogens with zero attached hydrogens (tertiary/aromatic N) is 2. The third-order valence-electron chi connectivity index (χ3n) is 4.32. The average Bonchev–Trinajstić information content (AvgIpc) is 3.29. The molecule has 156 valence electrons. The summed E-state index contributed by atoms with van der Waals surface area (Å²) in [5.41, 5.74) is 3.23. The Bertz CT molecular complexity index is 1150. The number of rotatable bonds is 8. The summed E-state index contributed by atoms with van der Waals surface area (Å²) in [6, 6.07) is 24.6. The average molecular weight is 433 g/mol. The van der Waals surface area contributed by atoms with Crippen molar-refractivity contribution in [3.05, 3.63) is 78.9 Å². The maximum atomic E-state index is 12.5. The third-order valence-corrected chi connectivity index (χ3v) is 5.14. The van der Waals surface area contributed by atoms with Gasteiger partial charge in [0.1, 0.15) is 5.75 Å². The van der Waals surface area contributed by atoms with Gasteiger partial charge in [0.2, 0.25) is 11.8 Å². The normalized spacial score (nSPS) is 10.5. The summed E-state index contributed by atoms with van der Waals surface area (Å²) in [6.45, 7) is 0. The molecule has 1 aromatic heterocycles. The van der Waals surface area contributed by atoms with Crippen molar-refractivity contribution in [2.24, 2.45) is 0 Å². The molecule has 0 unspecified atom stereocenters. The molecular weight excluding hydrogens is 412 g/mol. The molecule has 3 aromatic carbocycles. The van der Waals surface area contributed by atoms with Crippen LogP contribution in [0.3, 0.4) is 0 Å². The van der Waals surface area contributed by atoms with Crippen molar-refractivity contribution in [2.75, 3.05) is 23.5 Å². The molecule has 0 atom stereocenters. The Morgan fingerprint density at radius 3 is 2.39 bits per heavy atom. The first-order valence-electron chi connectivity index (χ1n) is 9.53. The number of nitrogens with one attached hydrogen (secondary N) is 2. The Kier molecular flexibility index (Phi) is 6.49. The fourth-order valence-corrected chi connectivity index (χ4v) is 3.37. The number of methoxy groups -OCH3 is 1. The van der Waals surface area contributed by atoms with Crippen LogP contribution in [0.2, 0.25) is 0 Å². The van der Waals surface area contributed by atoms with E-state index in [1.54, 1.807) is 7.11 Å². The number of para-hydroxylation sites is 3. The molecule has 4 rings (SSSR count). The monoisotopic (exact) mass is 432 g/mol. The van der Waals surface area contributed by atoms with Crippen LogP contribution in [0.4, 0.5) is 17.1 Å². The molecule has 0 fully saturated rings. The smallest absolute Gasteiger partial charge is 0.277 e. The number of hydrogen-bond acceptors (Lipinski definition) is 7. The Balaban J connectivity index is 1.35. The van der Waals surface area contributed by atoms with Gasteiger partial charge in [-0.2, -0.15) is 0 Å². The molecule has 31 heavy (non-hydrogen) atoms. The zero-order valence-corrected chi connectivity index (χ0v) is 17.6. The Morgan fingerprint density at radius 2 is 1.65 bits per heavy atom. The van der Waals surface area contributed by atoms with Crippen LogP contribution in [0.5, 0.6) is 5.75 Å². The van der Waals surface area contributed by atoms with Gasteiger partial charge in [-0.1, -0.05) is 42.1 Å². The Labute approximate surface area is 183 Å². The summed E-state index contributed by atoms with van der Waals surface area (Å²) in [5, 5.41) is 14.6. The predicted molar refractivity (Wildman–Crippen MR) is 122 cm³/mol. The van der Waals surface area contributed by atoms with Crippen molar-refractivity contribution in [1.82, 2.24) is 10.2 Å². The van der Waals surface area contributed by atoms with Gasteiger partial charge in [-0.25, -0.2) is 0 Å². The van der Waals surface area contributed by atoms with Crippen LogP contribution in [0, 0.1) is 0 Å². The van der Waals surface area contributed by atoms with Crippen LogP contribution < -0.4 is 15.4 Å². The van der Waals surface area contributed by atoms with Crippen LogP contribution in [0.25, 0.3) is 11.5 Å². The largest absolute Gasteiger partial charge is 0.497 e. The lowest BCUT2D eigenvalue weighted by Gasteiger charge is -2.12. The standard InChI is InChI=1S/C23H20N4O3S/c1-29-18-13-11-16(12-14-18)22-26-27-23(30-22)31-15-21(28)25-20-10-6-5-9-19(20)24-17-7-3-2-4-8-17/h2-14,24H,15H2,1H3,(H,25,28). The van der Waals surface area contributed by atoms with Gasteiger partial charge in [0, 0.05) is 11.3 Å². The summed E-state index contributed by atoms with van der Waals surface area (Å²) in [4.78, 5) is 12.5. The summed E-state index contributed by atoms with van der Waals surface area (Å²) in [6.07, 6.45) is 0. The first kappa shape index (κ1) is 20.5. The maximum Gasteiger partial charge on any atom is 0.277 e. The van der Waals surface area contributed by atoms with Crippen LogP contribution in [-0.2, 0) is 4.79 Å². The van der Waals surface area contributed by atoms with E-state index in [0.717, 1.165) is 22.7 Å². The molecule has 0 saturated carbocycles. The highest BCUT2D eigenvalue weighted by atomic mass is 32.2. The van der Waals surface area contributed by atoms with E-state index < -0.39 is 0 Å². The highest BCUT2D eigenvalue weighted by molar-refractivity contribution is 7.99. The van der Waals surface area contributed by atoms with E-state index >= 15 is 0 Å². The molecule has 0 spiro atoms. The minimum Gasteiger partial charge on any atom is -0.497 e. The number of aromatic nitrogens is 2. The molecule has 2 N–H and O–H groups in total. The predicted octanol–water partition coefficient (Wildman–Crippen LogP) is 5.22. The lowest BCUT2D eigenvalue weighted by Crippen LogP contribution is -2.15. The SMILES string of the molecule is COc1ccc(-c2nnc(SCC(=O)Nc3ccccc3Nc3ccccc3)o2)cc1. The van der Waals surface area contributed by atoms with E-state index in [4.69, 9.17) is 9.15 Å². The van der Waals surface area contributed by atoms with Gasteiger partial charge in [0.15, 0.2) is 0 Å². The molecule has 1 heterocycles. The summed E-state index contributed by atoms with van der Waals surface area (Å²) in [5.74, 6) is 1.11. The molecule has 7 nitrogen and oxygen atoms in total. The minimum absolute atomic E-state index is 0.143. The molecule has 0 saturated heterocycles. The fraction of sp³-hybridized carbons (Fsp3) is 0.0870. The van der Waals surface area contributed by atoms with Crippen LogP contribution in [0.15, 0.2) is 88.5 Å². The van der Waals surface area contributed by atoms with Gasteiger partial charge in [0.05, 0.1) is 24.2 Å². The molecule has 4 aromatic rings. The van der Waals surface area contributed by atoms with Gasteiger partial charge in [-0.05, 0) is 48.5 Å². The van der Waals surface area contributed by atoms with Gasteiger partial charge >= 0.3 is 0 Å². The molecule has 0 radical (unpaired) electrons. The lowest BCUT2D eigenvalue weighted by atomic mass is 10.2. The molecule has 1 amide bonds. The summed E-state index contributed by atoms with van der Waals surface area (Å²) in [7, 11) is 1.61. The van der Waals surface area contributed by atoms with Crippen molar-refractivity contribution < 1.29 is 13.9 Å². The molecule has 0 bridgehead atoms. The summed E-state index contributed by atoms with van der Waals surface area (Å²) < 4.78 is 10.8. The number of thioether (sulfide) groups is 1. The number of anilines is 3. The number of carbonyl (C=O) groups is 1. The Hall–Kier alpha value is -3.78.